The highest BCUT2D eigenvalue weighted by atomic mass is 16.5. The van der Waals surface area contributed by atoms with E-state index in [0.29, 0.717) is 35.8 Å². The molecule has 6 rings (SSSR count). The van der Waals surface area contributed by atoms with Crippen LogP contribution < -0.4 is 10.6 Å². The van der Waals surface area contributed by atoms with E-state index in [1.165, 1.54) is 0 Å². The Kier molecular flexibility index (Phi) is 13.0. The molecule has 56 heavy (non-hydrogen) atoms. The Balaban J connectivity index is 1.20. The second-order valence-corrected chi connectivity index (χ2v) is 17.5. The van der Waals surface area contributed by atoms with E-state index >= 15 is 0 Å². The van der Waals surface area contributed by atoms with Gasteiger partial charge in [0.25, 0.3) is 0 Å². The molecule has 2 aromatic heterocycles. The molecule has 2 aromatic carbocycles. The highest BCUT2D eigenvalue weighted by Crippen LogP contribution is 2.41. The van der Waals surface area contributed by atoms with Crippen molar-refractivity contribution in [1.82, 2.24) is 20.6 Å². The van der Waals surface area contributed by atoms with Gasteiger partial charge >= 0.3 is 11.9 Å². The molecule has 2 heterocycles. The molecular formula is C46H60N4O6. The minimum Gasteiger partial charge on any atom is -0.453 e. The van der Waals surface area contributed by atoms with Gasteiger partial charge in [-0.3, -0.25) is 9.59 Å². The number of fused-ring (bicyclic) bond motifs is 6. The Morgan fingerprint density at radius 1 is 0.643 bits per heavy atom. The molecule has 4 N–H and O–H groups in total. The summed E-state index contributed by atoms with van der Waals surface area (Å²) in [7, 11) is 0. The zero-order valence-corrected chi connectivity index (χ0v) is 34.3. The highest BCUT2D eigenvalue weighted by molar-refractivity contribution is 6.02. The van der Waals surface area contributed by atoms with Crippen LogP contribution in [0.1, 0.15) is 124 Å². The van der Waals surface area contributed by atoms with Crippen molar-refractivity contribution in [2.45, 2.75) is 93.3 Å². The van der Waals surface area contributed by atoms with Crippen LogP contribution >= 0.6 is 0 Å². The molecule has 0 aliphatic heterocycles. The van der Waals surface area contributed by atoms with Crippen LogP contribution in [-0.2, 0) is 31.9 Å². The van der Waals surface area contributed by atoms with Gasteiger partial charge < -0.3 is 30.1 Å². The molecule has 0 bridgehead atoms. The summed E-state index contributed by atoms with van der Waals surface area (Å²) in [6, 6.07) is 11.5. The van der Waals surface area contributed by atoms with Crippen LogP contribution in [0.25, 0.3) is 21.8 Å². The molecular weight excluding hydrogens is 705 g/mol. The molecule has 0 saturated carbocycles. The van der Waals surface area contributed by atoms with E-state index in [1.54, 1.807) is 0 Å². The van der Waals surface area contributed by atoms with Gasteiger partial charge in [-0.2, -0.15) is 0 Å². The van der Waals surface area contributed by atoms with Gasteiger partial charge in [0.2, 0.25) is 0 Å². The molecule has 10 nitrogen and oxygen atoms in total. The van der Waals surface area contributed by atoms with Gasteiger partial charge in [-0.15, -0.1) is 0 Å². The quantitative estimate of drug-likeness (QED) is 0.0507. The lowest BCUT2D eigenvalue weighted by Gasteiger charge is -2.30. The molecule has 0 fully saturated rings. The number of hydrogen-bond donors (Lipinski definition) is 4. The Morgan fingerprint density at radius 2 is 1.04 bits per heavy atom. The SMILES string of the molecule is CC(C)CNCC1Cc2c([nH]c3ccc(C(=O)C(C)C)cc23)C(OC(=O)/C=C/C(=O)OC2CC(CNCC(C)C)Cc3c2[nH]c2ccc(C(=O)C(C)C)cc32)C1. The van der Waals surface area contributed by atoms with Crippen LogP contribution in [0.3, 0.4) is 0 Å². The molecule has 4 aromatic rings. The van der Waals surface area contributed by atoms with E-state index < -0.39 is 24.1 Å². The summed E-state index contributed by atoms with van der Waals surface area (Å²) in [4.78, 5) is 59.6. The van der Waals surface area contributed by atoms with Crippen LogP contribution in [0.5, 0.6) is 0 Å². The summed E-state index contributed by atoms with van der Waals surface area (Å²) in [5.41, 5.74) is 6.94. The zero-order valence-electron chi connectivity index (χ0n) is 34.3. The third kappa shape index (κ3) is 9.52. The number of esters is 2. The fraction of sp³-hybridized carbons (Fsp3) is 0.522. The van der Waals surface area contributed by atoms with Crippen LogP contribution in [-0.4, -0.2) is 59.7 Å². The third-order valence-electron chi connectivity index (χ3n) is 11.1. The summed E-state index contributed by atoms with van der Waals surface area (Å²) in [5, 5.41) is 9.09. The second kappa shape index (κ2) is 17.7. The van der Waals surface area contributed by atoms with E-state index in [2.05, 4.69) is 48.3 Å². The molecule has 0 saturated heterocycles. The first-order valence-electron chi connectivity index (χ1n) is 20.6. The van der Waals surface area contributed by atoms with E-state index in [4.69, 9.17) is 9.47 Å². The molecule has 0 spiro atoms. The summed E-state index contributed by atoms with van der Waals surface area (Å²) in [6.07, 6.45) is 4.04. The number of benzene rings is 2. The molecule has 2 aliphatic rings. The van der Waals surface area contributed by atoms with Crippen LogP contribution in [0.4, 0.5) is 0 Å². The van der Waals surface area contributed by atoms with Crippen molar-refractivity contribution in [1.29, 1.82) is 0 Å². The number of Topliss-reactive ketones (excluding diaryl/α,β-unsaturated/α-hetero) is 2. The highest BCUT2D eigenvalue weighted by Gasteiger charge is 2.34. The first kappa shape index (κ1) is 41.1. The van der Waals surface area contributed by atoms with Gasteiger partial charge in [0.05, 0.1) is 11.4 Å². The van der Waals surface area contributed by atoms with Crippen molar-refractivity contribution < 1.29 is 28.7 Å². The van der Waals surface area contributed by atoms with Crippen LogP contribution in [0, 0.1) is 35.5 Å². The molecule has 10 heteroatoms. The second-order valence-electron chi connectivity index (χ2n) is 17.5. The number of carbonyl (C=O) groups excluding carboxylic acids is 4. The number of aromatic amines is 2. The smallest absolute Gasteiger partial charge is 0.331 e. The van der Waals surface area contributed by atoms with E-state index in [1.807, 2.05) is 64.1 Å². The monoisotopic (exact) mass is 764 g/mol. The predicted molar refractivity (Wildman–Crippen MR) is 221 cm³/mol. The van der Waals surface area contributed by atoms with Crippen molar-refractivity contribution >= 4 is 45.3 Å². The summed E-state index contributed by atoms with van der Waals surface area (Å²) in [6.45, 7) is 19.6. The van der Waals surface area contributed by atoms with E-state index in [-0.39, 0.29) is 35.2 Å². The number of rotatable bonds is 16. The van der Waals surface area contributed by atoms with Gasteiger partial charge in [0.1, 0.15) is 12.2 Å². The Hall–Kier alpha value is -4.54. The number of nitrogens with one attached hydrogen (secondary N) is 4. The average Bonchev–Trinajstić information content (AvgIpc) is 3.71. The summed E-state index contributed by atoms with van der Waals surface area (Å²) < 4.78 is 12.2. The van der Waals surface area contributed by atoms with Gasteiger partial charge in [-0.1, -0.05) is 55.4 Å². The maximum Gasteiger partial charge on any atom is 0.331 e. The molecule has 0 amide bonds. The average molecular weight is 765 g/mol. The van der Waals surface area contributed by atoms with Crippen LogP contribution in [0.2, 0.25) is 0 Å². The maximum absolute atomic E-state index is 13.4. The zero-order chi connectivity index (χ0) is 40.3. The molecule has 0 radical (unpaired) electrons. The molecule has 4 atom stereocenters. The first-order valence-corrected chi connectivity index (χ1v) is 20.6. The molecule has 4 unspecified atom stereocenters. The van der Waals surface area contributed by atoms with Crippen molar-refractivity contribution in [3.05, 3.63) is 82.2 Å². The fourth-order valence-corrected chi connectivity index (χ4v) is 8.26. The van der Waals surface area contributed by atoms with Gasteiger partial charge in [0, 0.05) is 56.9 Å². The molecule has 300 valence electrons. The maximum atomic E-state index is 13.4. The van der Waals surface area contributed by atoms with Crippen molar-refractivity contribution in [2.24, 2.45) is 35.5 Å². The first-order chi connectivity index (χ1) is 26.7. The number of ketones is 2. The van der Waals surface area contributed by atoms with Crippen molar-refractivity contribution in [3.63, 3.8) is 0 Å². The predicted octanol–water partition coefficient (Wildman–Crippen LogP) is 8.37. The van der Waals surface area contributed by atoms with Crippen molar-refractivity contribution in [3.8, 4) is 0 Å². The summed E-state index contributed by atoms with van der Waals surface area (Å²) >= 11 is 0. The standard InChI is InChI=1S/C46H60N4O6/c1-25(2)21-47-23-29-15-35-33-19-31(45(53)27(5)6)9-11-37(33)49-43(35)39(17-29)55-41(51)13-14-42(52)56-40-18-30(24-48-22-26(3)4)16-36-34-20-32(46(54)28(7)8)10-12-38(34)50-44(36)40/h9-14,19-20,25-30,39-40,47-50H,15-18,21-24H2,1-8H3/b14-13+. The van der Waals surface area contributed by atoms with Gasteiger partial charge in [-0.25, -0.2) is 9.59 Å². The van der Waals surface area contributed by atoms with Crippen LogP contribution in [0.15, 0.2) is 48.6 Å². The topological polar surface area (TPSA) is 142 Å². The molecule has 2 aliphatic carbocycles. The number of aromatic nitrogens is 2. The number of ether oxygens (including phenoxy) is 2. The number of H-pyrrole nitrogens is 2. The van der Waals surface area contributed by atoms with E-state index in [9.17, 15) is 19.2 Å². The third-order valence-corrected chi connectivity index (χ3v) is 11.1. The largest absolute Gasteiger partial charge is 0.453 e. The Labute approximate surface area is 330 Å². The number of hydrogen-bond acceptors (Lipinski definition) is 8. The lowest BCUT2D eigenvalue weighted by atomic mass is 9.84. The normalized spacial score (nSPS) is 19.7. The minimum atomic E-state index is -0.629. The summed E-state index contributed by atoms with van der Waals surface area (Å²) in [5.74, 6) is 0.101. The van der Waals surface area contributed by atoms with E-state index in [0.717, 1.165) is 95.5 Å². The van der Waals surface area contributed by atoms with Gasteiger partial charge in [-0.05, 0) is 123 Å². The lowest BCUT2D eigenvalue weighted by molar-refractivity contribution is -0.147. The van der Waals surface area contributed by atoms with Crippen molar-refractivity contribution in [2.75, 3.05) is 26.2 Å². The lowest BCUT2D eigenvalue weighted by Crippen LogP contribution is -2.32. The fourth-order valence-electron chi connectivity index (χ4n) is 8.26. The Morgan fingerprint density at radius 3 is 1.39 bits per heavy atom. The Bertz CT molecular complexity index is 1950. The van der Waals surface area contributed by atoms with Gasteiger partial charge in [0.15, 0.2) is 11.6 Å². The number of carbonyl (C=O) groups is 4. The minimum absolute atomic E-state index is 0.0902.